The van der Waals surface area contributed by atoms with Crippen molar-refractivity contribution in [3.8, 4) is 0 Å². The highest BCUT2D eigenvalue weighted by Gasteiger charge is 2.38. The summed E-state index contributed by atoms with van der Waals surface area (Å²) in [7, 11) is 0. The maximum absolute atomic E-state index is 2.62. The van der Waals surface area contributed by atoms with E-state index in [0.717, 1.165) is 12.8 Å². The van der Waals surface area contributed by atoms with Gasteiger partial charge in [-0.25, -0.2) is 0 Å². The normalized spacial score (nSPS) is 16.3. The first kappa shape index (κ1) is 22.2. The lowest BCUT2D eigenvalue weighted by Gasteiger charge is -2.26. The number of hydrogen-bond donors (Lipinski definition) is 0. The number of benzene rings is 6. The van der Waals surface area contributed by atoms with Crippen molar-refractivity contribution in [2.24, 2.45) is 0 Å². The SMILES string of the molecule is CC1(C)C2=C(CCC(n3c4ccc5ccccc5c4c4c5ccccc5c5ccccc5c43)=C2)c2ccccc21. The second-order valence-corrected chi connectivity index (χ2v) is 12.0. The van der Waals surface area contributed by atoms with Crippen molar-refractivity contribution < 1.29 is 0 Å². The summed E-state index contributed by atoms with van der Waals surface area (Å²) in [6.07, 6.45) is 4.63. The van der Waals surface area contributed by atoms with Gasteiger partial charge in [-0.2, -0.15) is 0 Å². The van der Waals surface area contributed by atoms with Gasteiger partial charge in [0.05, 0.1) is 11.0 Å². The number of rotatable bonds is 1. The van der Waals surface area contributed by atoms with Gasteiger partial charge >= 0.3 is 0 Å². The fourth-order valence-electron chi connectivity index (χ4n) is 7.90. The van der Waals surface area contributed by atoms with Crippen LogP contribution in [-0.4, -0.2) is 4.57 Å². The maximum atomic E-state index is 2.62. The molecular formula is C39H29N. The molecular weight excluding hydrogens is 482 g/mol. The predicted octanol–water partition coefficient (Wildman–Crippen LogP) is 10.6. The van der Waals surface area contributed by atoms with Crippen LogP contribution in [-0.2, 0) is 5.41 Å². The van der Waals surface area contributed by atoms with Gasteiger partial charge in [0.1, 0.15) is 0 Å². The summed E-state index contributed by atoms with van der Waals surface area (Å²) in [5, 5.41) is 10.7. The summed E-state index contributed by atoms with van der Waals surface area (Å²) in [4.78, 5) is 0. The largest absolute Gasteiger partial charge is 0.312 e. The summed E-state index contributed by atoms with van der Waals surface area (Å²) >= 11 is 0. The lowest BCUT2D eigenvalue weighted by atomic mass is 9.79. The molecule has 1 heterocycles. The summed E-state index contributed by atoms with van der Waals surface area (Å²) in [5.74, 6) is 0. The van der Waals surface area contributed by atoms with Crippen LogP contribution in [0.25, 0.3) is 65.4 Å². The molecule has 0 fully saturated rings. The highest BCUT2D eigenvalue weighted by atomic mass is 15.0. The molecule has 6 aromatic carbocycles. The topological polar surface area (TPSA) is 4.93 Å². The Morgan fingerprint density at radius 3 is 2.05 bits per heavy atom. The Balaban J connectivity index is 1.48. The van der Waals surface area contributed by atoms with E-state index in [1.165, 1.54) is 82.1 Å². The van der Waals surface area contributed by atoms with Gasteiger partial charge < -0.3 is 4.57 Å². The van der Waals surface area contributed by atoms with Crippen molar-refractivity contribution in [3.05, 3.63) is 132 Å². The van der Waals surface area contributed by atoms with Gasteiger partial charge in [-0.05, 0) is 74.2 Å². The van der Waals surface area contributed by atoms with E-state index in [0.29, 0.717) is 0 Å². The molecule has 0 bridgehead atoms. The lowest BCUT2D eigenvalue weighted by molar-refractivity contribution is 0.651. The van der Waals surface area contributed by atoms with Gasteiger partial charge in [0.25, 0.3) is 0 Å². The smallest absolute Gasteiger partial charge is 0.0622 e. The van der Waals surface area contributed by atoms with Crippen LogP contribution in [0, 0.1) is 0 Å². The second-order valence-electron chi connectivity index (χ2n) is 12.0. The van der Waals surface area contributed by atoms with Gasteiger partial charge in [-0.15, -0.1) is 0 Å². The van der Waals surface area contributed by atoms with Gasteiger partial charge in [0.2, 0.25) is 0 Å². The minimum Gasteiger partial charge on any atom is -0.312 e. The molecule has 1 aromatic heterocycles. The molecule has 2 aliphatic rings. The zero-order valence-corrected chi connectivity index (χ0v) is 22.8. The van der Waals surface area contributed by atoms with Gasteiger partial charge in [0.15, 0.2) is 0 Å². The zero-order valence-electron chi connectivity index (χ0n) is 22.8. The summed E-state index contributed by atoms with van der Waals surface area (Å²) in [6, 6.07) is 40.6. The molecule has 0 spiro atoms. The number of fused-ring (bicyclic) bond motifs is 12. The third-order valence-corrected chi connectivity index (χ3v) is 9.68. The van der Waals surface area contributed by atoms with E-state index in [-0.39, 0.29) is 5.41 Å². The Hall–Kier alpha value is -4.62. The summed E-state index contributed by atoms with van der Waals surface area (Å²) < 4.78 is 2.62. The van der Waals surface area contributed by atoms with Crippen LogP contribution in [0.4, 0.5) is 0 Å². The molecule has 0 aliphatic heterocycles. The van der Waals surface area contributed by atoms with Crippen LogP contribution in [0.2, 0.25) is 0 Å². The Kier molecular flexibility index (Phi) is 4.30. The Bertz CT molecular complexity index is 2290. The molecule has 0 saturated carbocycles. The number of allylic oxidation sites excluding steroid dienone is 4. The highest BCUT2D eigenvalue weighted by molar-refractivity contribution is 6.36. The quantitative estimate of drug-likeness (QED) is 0.193. The van der Waals surface area contributed by atoms with Crippen LogP contribution in [0.15, 0.2) is 121 Å². The fraction of sp³-hybridized carbons (Fsp3) is 0.128. The van der Waals surface area contributed by atoms with E-state index in [1.807, 2.05) is 0 Å². The van der Waals surface area contributed by atoms with Crippen molar-refractivity contribution in [2.75, 3.05) is 0 Å². The van der Waals surface area contributed by atoms with E-state index in [2.05, 4.69) is 134 Å². The van der Waals surface area contributed by atoms with E-state index in [9.17, 15) is 0 Å². The summed E-state index contributed by atoms with van der Waals surface area (Å²) in [6.45, 7) is 4.80. The molecule has 190 valence electrons. The molecule has 0 N–H and O–H groups in total. The Labute approximate surface area is 233 Å². The molecule has 0 amide bonds. The predicted molar refractivity (Wildman–Crippen MR) is 172 cm³/mol. The second kappa shape index (κ2) is 7.73. The van der Waals surface area contributed by atoms with Crippen LogP contribution in [0.5, 0.6) is 0 Å². The Morgan fingerprint density at radius 1 is 0.575 bits per heavy atom. The molecule has 9 rings (SSSR count). The average molecular weight is 512 g/mol. The molecule has 0 unspecified atom stereocenters. The fourth-order valence-corrected chi connectivity index (χ4v) is 7.90. The minimum atomic E-state index is -0.00216. The zero-order chi connectivity index (χ0) is 26.6. The van der Waals surface area contributed by atoms with E-state index in [1.54, 1.807) is 0 Å². The standard InChI is InChI=1S/C39H29N/c1-39(2)33-18-10-9-15-29(33)30-21-20-25(23-34(30)39)40-35-22-19-24-11-3-4-12-26(24)36(35)37-31-16-7-5-13-27(31)28-14-6-8-17-32(28)38(37)40/h3-19,22-23H,20-21H2,1-2H3. The number of hydrogen-bond acceptors (Lipinski definition) is 0. The van der Waals surface area contributed by atoms with Crippen LogP contribution in [0.1, 0.15) is 37.8 Å². The van der Waals surface area contributed by atoms with Crippen molar-refractivity contribution in [3.63, 3.8) is 0 Å². The number of nitrogens with zero attached hydrogens (tertiary/aromatic N) is 1. The average Bonchev–Trinajstić information content (AvgIpc) is 3.47. The van der Waals surface area contributed by atoms with Crippen LogP contribution < -0.4 is 0 Å². The van der Waals surface area contributed by atoms with Crippen molar-refractivity contribution >= 4 is 65.4 Å². The first-order valence-electron chi connectivity index (χ1n) is 14.4. The first-order chi connectivity index (χ1) is 19.6. The molecule has 0 atom stereocenters. The van der Waals surface area contributed by atoms with Crippen molar-refractivity contribution in [1.29, 1.82) is 0 Å². The van der Waals surface area contributed by atoms with Gasteiger partial charge in [-0.1, -0.05) is 117 Å². The highest BCUT2D eigenvalue weighted by Crippen LogP contribution is 2.53. The third kappa shape index (κ3) is 2.72. The first-order valence-corrected chi connectivity index (χ1v) is 14.4. The van der Waals surface area contributed by atoms with E-state index in [4.69, 9.17) is 0 Å². The van der Waals surface area contributed by atoms with Crippen LogP contribution in [0.3, 0.4) is 0 Å². The van der Waals surface area contributed by atoms with Crippen molar-refractivity contribution in [1.82, 2.24) is 4.57 Å². The van der Waals surface area contributed by atoms with E-state index < -0.39 is 0 Å². The summed E-state index contributed by atoms with van der Waals surface area (Å²) in [5.41, 5.74) is 9.96. The molecule has 0 saturated heterocycles. The molecule has 40 heavy (non-hydrogen) atoms. The number of aromatic nitrogens is 1. The minimum absolute atomic E-state index is 0.00216. The molecule has 2 aliphatic carbocycles. The Morgan fingerprint density at radius 2 is 1.23 bits per heavy atom. The van der Waals surface area contributed by atoms with Crippen LogP contribution >= 0.6 is 0 Å². The molecule has 7 aromatic rings. The van der Waals surface area contributed by atoms with Crippen molar-refractivity contribution in [2.45, 2.75) is 32.1 Å². The maximum Gasteiger partial charge on any atom is 0.0622 e. The molecule has 0 radical (unpaired) electrons. The third-order valence-electron chi connectivity index (χ3n) is 9.68. The molecule has 1 nitrogen and oxygen atoms in total. The van der Waals surface area contributed by atoms with E-state index >= 15 is 0 Å². The van der Waals surface area contributed by atoms with Gasteiger partial charge in [0, 0.05) is 27.3 Å². The lowest BCUT2D eigenvalue weighted by Crippen LogP contribution is -2.17. The molecule has 1 heteroatoms. The van der Waals surface area contributed by atoms with Gasteiger partial charge in [-0.3, -0.25) is 0 Å². The monoisotopic (exact) mass is 511 g/mol.